The number of halogens is 2. The zero-order chi connectivity index (χ0) is 21.9. The maximum Gasteiger partial charge on any atom is 0.243 e. The van der Waals surface area contributed by atoms with Gasteiger partial charge >= 0.3 is 0 Å². The van der Waals surface area contributed by atoms with E-state index in [9.17, 15) is 25.6 Å². The van der Waals surface area contributed by atoms with Gasteiger partial charge in [-0.1, -0.05) is 24.1 Å². The first-order valence-electron chi connectivity index (χ1n) is 9.64. The zero-order valence-corrected chi connectivity index (χ0v) is 18.1. The van der Waals surface area contributed by atoms with Crippen LogP contribution in [-0.2, 0) is 20.0 Å². The van der Waals surface area contributed by atoms with Crippen molar-refractivity contribution in [2.45, 2.75) is 48.4 Å². The second-order valence-corrected chi connectivity index (χ2v) is 11.0. The Morgan fingerprint density at radius 2 is 1.63 bits per heavy atom. The van der Waals surface area contributed by atoms with E-state index in [-0.39, 0.29) is 28.8 Å². The summed E-state index contributed by atoms with van der Waals surface area (Å²) in [7, 11) is -7.73. The Kier molecular flexibility index (Phi) is 6.91. The molecule has 0 spiro atoms. The summed E-state index contributed by atoms with van der Waals surface area (Å²) in [4.78, 5) is -0.170. The van der Waals surface area contributed by atoms with E-state index in [1.54, 1.807) is 24.3 Å². The van der Waals surface area contributed by atoms with Crippen molar-refractivity contribution in [3.05, 3.63) is 59.7 Å². The molecule has 30 heavy (non-hydrogen) atoms. The summed E-state index contributed by atoms with van der Waals surface area (Å²) < 4.78 is 81.0. The molecular formula is C20H24F2N2O4S2. The highest BCUT2D eigenvalue weighted by molar-refractivity contribution is 7.89. The van der Waals surface area contributed by atoms with Crippen molar-refractivity contribution < 1.29 is 25.6 Å². The Morgan fingerprint density at radius 3 is 2.30 bits per heavy atom. The molecule has 0 bridgehead atoms. The highest BCUT2D eigenvalue weighted by atomic mass is 32.2. The Balaban J connectivity index is 1.70. The number of nitrogens with one attached hydrogen (secondary N) is 1. The minimum atomic E-state index is -4.03. The molecule has 1 heterocycles. The van der Waals surface area contributed by atoms with Crippen molar-refractivity contribution in [2.75, 3.05) is 13.1 Å². The van der Waals surface area contributed by atoms with Crippen molar-refractivity contribution in [1.29, 1.82) is 0 Å². The SMILES string of the molecule is Cc1ccc(S(=O)(=O)N2CCCCC2CCNS(=O)(=O)c2ccc(F)c(F)c2)cc1. The highest BCUT2D eigenvalue weighted by Gasteiger charge is 2.33. The molecule has 1 saturated heterocycles. The predicted octanol–water partition coefficient (Wildman–Crippen LogP) is 3.19. The molecule has 0 saturated carbocycles. The maximum absolute atomic E-state index is 13.4. The molecule has 10 heteroatoms. The zero-order valence-electron chi connectivity index (χ0n) is 16.5. The van der Waals surface area contributed by atoms with Gasteiger partial charge in [0.2, 0.25) is 20.0 Å². The van der Waals surface area contributed by atoms with Crippen LogP contribution in [0.5, 0.6) is 0 Å². The van der Waals surface area contributed by atoms with Crippen molar-refractivity contribution in [3.63, 3.8) is 0 Å². The highest BCUT2D eigenvalue weighted by Crippen LogP contribution is 2.27. The lowest BCUT2D eigenvalue weighted by atomic mass is 10.0. The lowest BCUT2D eigenvalue weighted by Gasteiger charge is -2.34. The number of piperidine rings is 1. The van der Waals surface area contributed by atoms with Crippen LogP contribution < -0.4 is 4.72 Å². The van der Waals surface area contributed by atoms with Gasteiger partial charge in [-0.2, -0.15) is 4.31 Å². The number of nitrogens with zero attached hydrogens (tertiary/aromatic N) is 1. The Labute approximate surface area is 176 Å². The van der Waals surface area contributed by atoms with E-state index in [1.165, 1.54) is 4.31 Å². The van der Waals surface area contributed by atoms with Gasteiger partial charge in [-0.25, -0.2) is 30.3 Å². The maximum atomic E-state index is 13.4. The van der Waals surface area contributed by atoms with Gasteiger partial charge in [0.15, 0.2) is 11.6 Å². The van der Waals surface area contributed by atoms with Crippen LogP contribution in [0.15, 0.2) is 52.3 Å². The molecule has 1 unspecified atom stereocenters. The fraction of sp³-hybridized carbons (Fsp3) is 0.400. The summed E-state index contributed by atoms with van der Waals surface area (Å²) in [5.74, 6) is -2.38. The molecular weight excluding hydrogens is 434 g/mol. The van der Waals surface area contributed by atoms with Crippen LogP contribution in [0.4, 0.5) is 8.78 Å². The number of aryl methyl sites for hydroxylation is 1. The monoisotopic (exact) mass is 458 g/mol. The molecule has 0 aromatic heterocycles. The Hall–Kier alpha value is -1.88. The smallest absolute Gasteiger partial charge is 0.211 e. The molecule has 164 valence electrons. The van der Waals surface area contributed by atoms with Gasteiger partial charge in [0.05, 0.1) is 9.79 Å². The molecule has 1 N–H and O–H groups in total. The van der Waals surface area contributed by atoms with E-state index in [1.807, 2.05) is 6.92 Å². The second kappa shape index (κ2) is 9.09. The van der Waals surface area contributed by atoms with Crippen LogP contribution in [-0.4, -0.2) is 40.3 Å². The van der Waals surface area contributed by atoms with Gasteiger partial charge < -0.3 is 0 Å². The lowest BCUT2D eigenvalue weighted by molar-refractivity contribution is 0.242. The number of benzene rings is 2. The summed E-state index contributed by atoms with van der Waals surface area (Å²) in [5.41, 5.74) is 0.954. The van der Waals surface area contributed by atoms with E-state index in [2.05, 4.69) is 4.72 Å². The molecule has 1 atom stereocenters. The molecule has 2 aromatic carbocycles. The second-order valence-electron chi connectivity index (χ2n) is 7.34. The third-order valence-electron chi connectivity index (χ3n) is 5.17. The largest absolute Gasteiger partial charge is 0.243 e. The minimum absolute atomic E-state index is 0.0219. The van der Waals surface area contributed by atoms with Gasteiger partial charge in [-0.05, 0) is 56.5 Å². The molecule has 0 amide bonds. The lowest BCUT2D eigenvalue weighted by Crippen LogP contribution is -2.45. The van der Waals surface area contributed by atoms with Gasteiger partial charge in [0.25, 0.3) is 0 Å². The van der Waals surface area contributed by atoms with Crippen LogP contribution in [0.1, 0.15) is 31.2 Å². The quantitative estimate of drug-likeness (QED) is 0.691. The van der Waals surface area contributed by atoms with Crippen molar-refractivity contribution in [1.82, 2.24) is 9.03 Å². The van der Waals surface area contributed by atoms with Crippen LogP contribution in [0.25, 0.3) is 0 Å². The summed E-state index contributed by atoms with van der Waals surface area (Å²) in [5, 5.41) is 0. The fourth-order valence-electron chi connectivity index (χ4n) is 3.51. The van der Waals surface area contributed by atoms with E-state index < -0.39 is 31.7 Å². The molecule has 3 rings (SSSR count). The Morgan fingerprint density at radius 1 is 0.967 bits per heavy atom. The van der Waals surface area contributed by atoms with Crippen molar-refractivity contribution in [3.8, 4) is 0 Å². The van der Waals surface area contributed by atoms with Gasteiger partial charge in [0.1, 0.15) is 0 Å². The first kappa shape index (κ1) is 22.8. The molecule has 6 nitrogen and oxygen atoms in total. The standard InChI is InChI=1S/C20H24F2N2O4S2/c1-15-5-7-17(8-6-15)30(27,28)24-13-3-2-4-16(24)11-12-23-29(25,26)18-9-10-19(21)20(22)14-18/h5-10,14,16,23H,2-4,11-13H2,1H3. The molecule has 1 fully saturated rings. The van der Waals surface area contributed by atoms with Gasteiger partial charge in [-0.3, -0.25) is 0 Å². The van der Waals surface area contributed by atoms with E-state index in [0.717, 1.165) is 30.5 Å². The minimum Gasteiger partial charge on any atom is -0.211 e. The molecule has 1 aliphatic heterocycles. The molecule has 2 aromatic rings. The number of sulfonamides is 2. The number of hydrogen-bond donors (Lipinski definition) is 1. The average Bonchev–Trinajstić information content (AvgIpc) is 2.70. The first-order valence-corrected chi connectivity index (χ1v) is 12.6. The van der Waals surface area contributed by atoms with Gasteiger partial charge in [-0.15, -0.1) is 0 Å². The summed E-state index contributed by atoms with van der Waals surface area (Å²) in [6.07, 6.45) is 2.48. The fourth-order valence-corrected chi connectivity index (χ4v) is 6.29. The van der Waals surface area contributed by atoms with E-state index in [0.29, 0.717) is 19.0 Å². The van der Waals surface area contributed by atoms with Crippen molar-refractivity contribution in [2.24, 2.45) is 0 Å². The molecule has 1 aliphatic rings. The van der Waals surface area contributed by atoms with Crippen LogP contribution in [0, 0.1) is 18.6 Å². The molecule has 0 aliphatic carbocycles. The number of hydrogen-bond acceptors (Lipinski definition) is 4. The summed E-state index contributed by atoms with van der Waals surface area (Å²) >= 11 is 0. The summed E-state index contributed by atoms with van der Waals surface area (Å²) in [6, 6.07) is 8.62. The number of rotatable bonds is 7. The van der Waals surface area contributed by atoms with Crippen LogP contribution in [0.2, 0.25) is 0 Å². The first-order chi connectivity index (χ1) is 14.1. The molecule has 0 radical (unpaired) electrons. The van der Waals surface area contributed by atoms with E-state index in [4.69, 9.17) is 0 Å². The van der Waals surface area contributed by atoms with Crippen LogP contribution in [0.3, 0.4) is 0 Å². The van der Waals surface area contributed by atoms with Crippen molar-refractivity contribution >= 4 is 20.0 Å². The average molecular weight is 459 g/mol. The Bertz CT molecular complexity index is 1100. The normalized spacial score (nSPS) is 18.4. The van der Waals surface area contributed by atoms with Gasteiger partial charge in [0, 0.05) is 19.1 Å². The van der Waals surface area contributed by atoms with Crippen LogP contribution >= 0.6 is 0 Å². The predicted molar refractivity (Wildman–Crippen MR) is 109 cm³/mol. The third-order valence-corrected chi connectivity index (χ3v) is 8.60. The summed E-state index contributed by atoms with van der Waals surface area (Å²) in [6.45, 7) is 2.22. The van der Waals surface area contributed by atoms with E-state index >= 15 is 0 Å². The third kappa shape index (κ3) is 5.05. The topological polar surface area (TPSA) is 83.6 Å².